The van der Waals surface area contributed by atoms with E-state index in [9.17, 15) is 18.4 Å². The SMILES string of the molecule is Cc1cc(-c2ccc(CC(=O)[C@@H]3CCCC[C@H]3C(=O)Nc3cn[nH]c3C(F)F)cc2)n[nH]1. The molecule has 1 fully saturated rings. The molecule has 1 amide bonds. The van der Waals surface area contributed by atoms with Gasteiger partial charge in [0.15, 0.2) is 0 Å². The molecule has 0 unspecified atom stereocenters. The van der Waals surface area contributed by atoms with E-state index in [1.165, 1.54) is 6.20 Å². The molecule has 0 aliphatic heterocycles. The summed E-state index contributed by atoms with van der Waals surface area (Å²) < 4.78 is 26.1. The van der Waals surface area contributed by atoms with Crippen LogP contribution < -0.4 is 5.32 Å². The molecular formula is C23H25F2N5O2. The molecule has 32 heavy (non-hydrogen) atoms. The van der Waals surface area contributed by atoms with E-state index in [4.69, 9.17) is 0 Å². The van der Waals surface area contributed by atoms with Gasteiger partial charge in [-0.3, -0.25) is 19.8 Å². The molecule has 2 aromatic heterocycles. The van der Waals surface area contributed by atoms with Crippen LogP contribution in [0.4, 0.5) is 14.5 Å². The van der Waals surface area contributed by atoms with Gasteiger partial charge in [0.25, 0.3) is 6.43 Å². The number of hydrogen-bond acceptors (Lipinski definition) is 4. The lowest BCUT2D eigenvalue weighted by atomic mass is 9.75. The number of aromatic amines is 2. The van der Waals surface area contributed by atoms with Crippen molar-refractivity contribution >= 4 is 17.4 Å². The highest BCUT2D eigenvalue weighted by Gasteiger charge is 2.36. The molecular weight excluding hydrogens is 416 g/mol. The number of H-pyrrole nitrogens is 2. The monoisotopic (exact) mass is 441 g/mol. The number of nitrogens with zero attached hydrogens (tertiary/aromatic N) is 2. The van der Waals surface area contributed by atoms with Gasteiger partial charge in [-0.05, 0) is 31.4 Å². The third kappa shape index (κ3) is 4.76. The Morgan fingerprint density at radius 2 is 1.84 bits per heavy atom. The van der Waals surface area contributed by atoms with E-state index in [2.05, 4.69) is 25.7 Å². The normalized spacial score (nSPS) is 18.6. The molecule has 2 heterocycles. The zero-order valence-electron chi connectivity index (χ0n) is 17.7. The second kappa shape index (κ2) is 9.42. The fourth-order valence-corrected chi connectivity index (χ4v) is 4.31. The Morgan fingerprint density at radius 1 is 1.12 bits per heavy atom. The number of hydrogen-bond donors (Lipinski definition) is 3. The average molecular weight is 441 g/mol. The first kappa shape index (κ1) is 21.9. The summed E-state index contributed by atoms with van der Waals surface area (Å²) in [6.07, 6.45) is 1.49. The van der Waals surface area contributed by atoms with Gasteiger partial charge in [0, 0.05) is 29.5 Å². The summed E-state index contributed by atoms with van der Waals surface area (Å²) >= 11 is 0. The maximum atomic E-state index is 13.1. The number of anilines is 1. The van der Waals surface area contributed by atoms with Crippen molar-refractivity contribution in [2.75, 3.05) is 5.32 Å². The van der Waals surface area contributed by atoms with Crippen LogP contribution in [0.15, 0.2) is 36.5 Å². The fraction of sp³-hybridized carbons (Fsp3) is 0.391. The number of carbonyl (C=O) groups is 2. The van der Waals surface area contributed by atoms with Crippen LogP contribution >= 0.6 is 0 Å². The summed E-state index contributed by atoms with van der Waals surface area (Å²) in [6.45, 7) is 1.93. The second-order valence-corrected chi connectivity index (χ2v) is 8.26. The minimum absolute atomic E-state index is 0.00510. The highest BCUT2D eigenvalue weighted by atomic mass is 19.3. The topological polar surface area (TPSA) is 104 Å². The van der Waals surface area contributed by atoms with Crippen LogP contribution in [-0.4, -0.2) is 32.1 Å². The van der Waals surface area contributed by atoms with E-state index < -0.39 is 29.9 Å². The maximum Gasteiger partial charge on any atom is 0.281 e. The molecule has 0 saturated heterocycles. The van der Waals surface area contributed by atoms with Crippen molar-refractivity contribution in [3.8, 4) is 11.3 Å². The van der Waals surface area contributed by atoms with E-state index >= 15 is 0 Å². The third-order valence-corrected chi connectivity index (χ3v) is 6.00. The van der Waals surface area contributed by atoms with Crippen LogP contribution in [0.3, 0.4) is 0 Å². The van der Waals surface area contributed by atoms with Gasteiger partial charge in [-0.25, -0.2) is 8.78 Å². The van der Waals surface area contributed by atoms with Gasteiger partial charge in [0.05, 0.1) is 17.6 Å². The first-order chi connectivity index (χ1) is 15.4. The lowest BCUT2D eigenvalue weighted by Crippen LogP contribution is -2.36. The van der Waals surface area contributed by atoms with Crippen molar-refractivity contribution in [3.05, 3.63) is 53.5 Å². The van der Waals surface area contributed by atoms with Crippen LogP contribution in [0.2, 0.25) is 0 Å². The Hall–Kier alpha value is -3.36. The van der Waals surface area contributed by atoms with Gasteiger partial charge in [-0.2, -0.15) is 10.2 Å². The minimum Gasteiger partial charge on any atom is -0.323 e. The van der Waals surface area contributed by atoms with Crippen LogP contribution in [0.1, 0.15) is 49.1 Å². The number of carbonyl (C=O) groups excluding carboxylic acids is 2. The second-order valence-electron chi connectivity index (χ2n) is 8.26. The van der Waals surface area contributed by atoms with Crippen LogP contribution in [0, 0.1) is 18.8 Å². The number of amides is 1. The fourth-order valence-electron chi connectivity index (χ4n) is 4.31. The maximum absolute atomic E-state index is 13.1. The Balaban J connectivity index is 1.43. The lowest BCUT2D eigenvalue weighted by molar-refractivity contribution is -0.132. The number of aromatic nitrogens is 4. The van der Waals surface area contributed by atoms with Crippen molar-refractivity contribution in [2.45, 2.75) is 45.5 Å². The van der Waals surface area contributed by atoms with Crippen molar-refractivity contribution in [1.29, 1.82) is 0 Å². The summed E-state index contributed by atoms with van der Waals surface area (Å²) in [6, 6.07) is 9.60. The molecule has 0 bridgehead atoms. The molecule has 168 valence electrons. The summed E-state index contributed by atoms with van der Waals surface area (Å²) in [4.78, 5) is 25.9. The molecule has 3 aromatic rings. The number of rotatable bonds is 7. The molecule has 1 saturated carbocycles. The molecule has 1 aromatic carbocycles. The first-order valence-electron chi connectivity index (χ1n) is 10.7. The Bertz CT molecular complexity index is 1090. The highest BCUT2D eigenvalue weighted by Crippen LogP contribution is 2.34. The van der Waals surface area contributed by atoms with Gasteiger partial charge >= 0.3 is 0 Å². The molecule has 9 heteroatoms. The highest BCUT2D eigenvalue weighted by molar-refractivity contribution is 5.97. The number of nitrogens with one attached hydrogen (secondary N) is 3. The molecule has 7 nitrogen and oxygen atoms in total. The van der Waals surface area contributed by atoms with Gasteiger partial charge in [0.1, 0.15) is 11.5 Å². The van der Waals surface area contributed by atoms with Crippen LogP contribution in [-0.2, 0) is 16.0 Å². The zero-order valence-corrected chi connectivity index (χ0v) is 17.7. The largest absolute Gasteiger partial charge is 0.323 e. The van der Waals surface area contributed by atoms with Crippen molar-refractivity contribution in [3.63, 3.8) is 0 Å². The van der Waals surface area contributed by atoms with Gasteiger partial charge < -0.3 is 5.32 Å². The number of ketones is 1. The van der Waals surface area contributed by atoms with Crippen molar-refractivity contribution < 1.29 is 18.4 Å². The Morgan fingerprint density at radius 3 is 2.50 bits per heavy atom. The Labute approximate surface area is 184 Å². The molecule has 4 rings (SSSR count). The molecule has 3 N–H and O–H groups in total. The first-order valence-corrected chi connectivity index (χ1v) is 10.7. The number of halogens is 2. The molecule has 0 radical (unpaired) electrons. The molecule has 0 spiro atoms. The van der Waals surface area contributed by atoms with Gasteiger partial charge in [-0.15, -0.1) is 0 Å². The van der Waals surface area contributed by atoms with Crippen LogP contribution in [0.25, 0.3) is 11.3 Å². The third-order valence-electron chi connectivity index (χ3n) is 6.00. The summed E-state index contributed by atoms with van der Waals surface area (Å²) in [5.41, 5.74) is 3.17. The number of Topliss-reactive ketones (excluding diaryl/α,β-unsaturated/α-hetero) is 1. The number of alkyl halides is 2. The standard InChI is InChI=1S/C23H25F2N5O2/c1-13-10-18(29-28-13)15-8-6-14(7-9-15)11-20(31)16-4-2-3-5-17(16)23(32)27-19-12-26-30-21(19)22(24)25/h6-10,12,16-17,22H,2-5,11H2,1H3,(H,26,30)(H,27,32)(H,28,29)/t16-,17-/m1/s1. The van der Waals surface area contributed by atoms with Crippen LogP contribution in [0.5, 0.6) is 0 Å². The quantitative estimate of drug-likeness (QED) is 0.498. The predicted octanol–water partition coefficient (Wildman–Crippen LogP) is 4.60. The van der Waals surface area contributed by atoms with Crippen molar-refractivity contribution in [2.24, 2.45) is 11.8 Å². The predicted molar refractivity (Wildman–Crippen MR) is 115 cm³/mol. The summed E-state index contributed by atoms with van der Waals surface area (Å²) in [7, 11) is 0. The van der Waals surface area contributed by atoms with Gasteiger partial charge in [-0.1, -0.05) is 37.1 Å². The number of aryl methyl sites for hydroxylation is 1. The summed E-state index contributed by atoms with van der Waals surface area (Å²) in [5, 5.41) is 15.5. The minimum atomic E-state index is -2.77. The van der Waals surface area contributed by atoms with E-state index in [0.717, 1.165) is 35.4 Å². The van der Waals surface area contributed by atoms with E-state index in [1.54, 1.807) is 0 Å². The average Bonchev–Trinajstić information content (AvgIpc) is 3.43. The summed E-state index contributed by atoms with van der Waals surface area (Å²) in [5.74, 6) is -1.38. The van der Waals surface area contributed by atoms with Gasteiger partial charge in [0.2, 0.25) is 5.91 Å². The zero-order chi connectivity index (χ0) is 22.7. The molecule has 1 aliphatic carbocycles. The van der Waals surface area contributed by atoms with E-state index in [0.29, 0.717) is 12.8 Å². The molecule has 1 aliphatic rings. The molecule has 2 atom stereocenters. The lowest BCUT2D eigenvalue weighted by Gasteiger charge is -2.29. The number of benzene rings is 1. The Kier molecular flexibility index (Phi) is 6.43. The van der Waals surface area contributed by atoms with Crippen molar-refractivity contribution in [1.82, 2.24) is 20.4 Å². The smallest absolute Gasteiger partial charge is 0.281 e. The van der Waals surface area contributed by atoms with E-state index in [-0.39, 0.29) is 17.9 Å². The van der Waals surface area contributed by atoms with E-state index in [1.807, 2.05) is 37.3 Å².